The zero-order chi connectivity index (χ0) is 31.2. The van der Waals surface area contributed by atoms with Crippen molar-refractivity contribution < 1.29 is 69.0 Å². The van der Waals surface area contributed by atoms with Crippen LogP contribution in [0.2, 0.25) is 0 Å². The Labute approximate surface area is 243 Å². The van der Waals surface area contributed by atoms with E-state index >= 15 is 0 Å². The molecule has 0 aliphatic carbocycles. The summed E-state index contributed by atoms with van der Waals surface area (Å²) in [5.41, 5.74) is -0.835. The lowest BCUT2D eigenvalue weighted by atomic mass is 9.97. The van der Waals surface area contributed by atoms with E-state index in [2.05, 4.69) is 0 Å². The molecule has 234 valence electrons. The fourth-order valence-corrected chi connectivity index (χ4v) is 5.00. The van der Waals surface area contributed by atoms with Gasteiger partial charge in [0, 0.05) is 17.7 Å². The number of aliphatic hydroxyl groups excluding tert-OH is 6. The van der Waals surface area contributed by atoms with E-state index in [1.807, 2.05) is 0 Å². The van der Waals surface area contributed by atoms with Crippen molar-refractivity contribution in [3.8, 4) is 34.3 Å². The maximum atomic E-state index is 13.8. The van der Waals surface area contributed by atoms with Crippen molar-refractivity contribution in [1.29, 1.82) is 0 Å². The third kappa shape index (κ3) is 5.74. The van der Waals surface area contributed by atoms with E-state index in [-0.39, 0.29) is 28.0 Å². The molecule has 2 aromatic carbocycles. The highest BCUT2D eigenvalue weighted by atomic mass is 16.8. The first-order valence-corrected chi connectivity index (χ1v) is 13.3. The van der Waals surface area contributed by atoms with Crippen molar-refractivity contribution in [2.45, 2.75) is 68.3 Å². The van der Waals surface area contributed by atoms with Crippen molar-refractivity contribution in [2.75, 3.05) is 13.7 Å². The van der Waals surface area contributed by atoms with Gasteiger partial charge in [0.2, 0.25) is 17.5 Å². The SMILES string of the molecule is COc1ccc(-c2oc3cc(O)cc(O)c3c(=O)c2O[C@@H]2OC(CO)[C@@H](O)[C@H](O)C2O[C@@H]2OC(C)[C@H](O)C(O)[C@@H]2O)cc1. The quantitative estimate of drug-likeness (QED) is 0.159. The molecule has 3 aromatic rings. The van der Waals surface area contributed by atoms with Crippen LogP contribution >= 0.6 is 0 Å². The number of rotatable bonds is 7. The van der Waals surface area contributed by atoms with Gasteiger partial charge in [0.05, 0.1) is 19.8 Å². The van der Waals surface area contributed by atoms with Crippen LogP contribution in [0.25, 0.3) is 22.3 Å². The van der Waals surface area contributed by atoms with Crippen LogP contribution < -0.4 is 14.9 Å². The van der Waals surface area contributed by atoms with Gasteiger partial charge in [0.1, 0.15) is 64.8 Å². The number of ether oxygens (including phenoxy) is 5. The van der Waals surface area contributed by atoms with Crippen LogP contribution in [0.3, 0.4) is 0 Å². The van der Waals surface area contributed by atoms with Gasteiger partial charge in [-0.2, -0.15) is 0 Å². The number of methoxy groups -OCH3 is 1. The minimum Gasteiger partial charge on any atom is -0.508 e. The normalized spacial score (nSPS) is 32.9. The van der Waals surface area contributed by atoms with Gasteiger partial charge in [-0.3, -0.25) is 4.79 Å². The van der Waals surface area contributed by atoms with Gasteiger partial charge >= 0.3 is 0 Å². The maximum absolute atomic E-state index is 13.8. The lowest BCUT2D eigenvalue weighted by molar-refractivity contribution is -0.354. The van der Waals surface area contributed by atoms with E-state index in [1.54, 1.807) is 12.1 Å². The smallest absolute Gasteiger partial charge is 0.239 e. The Hall–Kier alpha value is -3.51. The van der Waals surface area contributed by atoms with Crippen LogP contribution in [0.5, 0.6) is 23.0 Å². The molecule has 0 radical (unpaired) electrons. The second kappa shape index (κ2) is 12.2. The molecule has 15 heteroatoms. The number of benzene rings is 2. The molecule has 0 bridgehead atoms. The summed E-state index contributed by atoms with van der Waals surface area (Å²) < 4.78 is 33.9. The molecule has 8 N–H and O–H groups in total. The Balaban J connectivity index is 1.60. The molecular weight excluding hydrogens is 576 g/mol. The number of hydrogen-bond donors (Lipinski definition) is 8. The standard InChI is InChI=1S/C28H32O15/c1-10-18(32)21(35)23(37)27(39-10)43-26-22(36)19(33)16(9-29)41-28(26)42-25-20(34)17-14(31)7-12(30)8-15(17)40-24(25)11-3-5-13(38-2)6-4-11/h3-8,10,16,18-19,21-23,26-33,35-37H,9H2,1-2H3/t10?,16?,18-,19+,21?,22-,23-,26?,27-,28-/m0/s1. The molecule has 15 nitrogen and oxygen atoms in total. The van der Waals surface area contributed by atoms with Gasteiger partial charge in [-0.05, 0) is 31.2 Å². The largest absolute Gasteiger partial charge is 0.508 e. The topological polar surface area (TPSA) is 238 Å². The predicted molar refractivity (Wildman–Crippen MR) is 143 cm³/mol. The van der Waals surface area contributed by atoms with Gasteiger partial charge in [-0.25, -0.2) is 0 Å². The van der Waals surface area contributed by atoms with Crippen LogP contribution in [0.1, 0.15) is 6.92 Å². The number of aromatic hydroxyl groups is 2. The maximum Gasteiger partial charge on any atom is 0.239 e. The van der Waals surface area contributed by atoms with Gasteiger partial charge in [0.25, 0.3) is 0 Å². The van der Waals surface area contributed by atoms with E-state index in [0.29, 0.717) is 5.75 Å². The molecule has 0 amide bonds. The minimum atomic E-state index is -1.85. The molecule has 0 saturated carbocycles. The summed E-state index contributed by atoms with van der Waals surface area (Å²) in [6, 6.07) is 8.23. The average molecular weight is 609 g/mol. The van der Waals surface area contributed by atoms with Crippen molar-refractivity contribution in [1.82, 2.24) is 0 Å². The van der Waals surface area contributed by atoms with Gasteiger partial charge < -0.3 is 69.0 Å². The molecule has 3 heterocycles. The second-order valence-corrected chi connectivity index (χ2v) is 10.3. The van der Waals surface area contributed by atoms with Crippen molar-refractivity contribution in [3.05, 3.63) is 46.6 Å². The monoisotopic (exact) mass is 608 g/mol. The molecule has 43 heavy (non-hydrogen) atoms. The summed E-state index contributed by atoms with van der Waals surface area (Å²) >= 11 is 0. The Morgan fingerprint density at radius 1 is 0.860 bits per heavy atom. The van der Waals surface area contributed by atoms with E-state index < -0.39 is 84.9 Å². The highest BCUT2D eigenvalue weighted by Crippen LogP contribution is 2.38. The molecule has 10 atom stereocenters. The summed E-state index contributed by atoms with van der Waals surface area (Å²) in [6.07, 6.45) is -16.2. The van der Waals surface area contributed by atoms with Crippen molar-refractivity contribution in [2.24, 2.45) is 0 Å². The Kier molecular flexibility index (Phi) is 8.80. The number of hydrogen-bond acceptors (Lipinski definition) is 15. The first kappa shape index (κ1) is 30.9. The fourth-order valence-electron chi connectivity index (χ4n) is 5.00. The number of fused-ring (bicyclic) bond motifs is 1. The van der Waals surface area contributed by atoms with E-state index in [1.165, 1.54) is 26.2 Å². The number of phenols is 2. The lowest BCUT2D eigenvalue weighted by Crippen LogP contribution is -2.64. The molecule has 5 rings (SSSR count). The van der Waals surface area contributed by atoms with Crippen molar-refractivity contribution >= 4 is 11.0 Å². The predicted octanol–water partition coefficient (Wildman–Crippen LogP) is -1.09. The highest BCUT2D eigenvalue weighted by molar-refractivity contribution is 5.88. The lowest BCUT2D eigenvalue weighted by Gasteiger charge is -2.45. The third-order valence-corrected chi connectivity index (χ3v) is 7.43. The first-order valence-electron chi connectivity index (χ1n) is 13.3. The van der Waals surface area contributed by atoms with Gasteiger partial charge in [0.15, 0.2) is 18.2 Å². The summed E-state index contributed by atoms with van der Waals surface area (Å²) in [5.74, 6) is -1.29. The molecule has 4 unspecified atom stereocenters. The van der Waals surface area contributed by atoms with Crippen LogP contribution in [-0.4, -0.2) is 116 Å². The van der Waals surface area contributed by atoms with Crippen LogP contribution in [0, 0.1) is 0 Å². The van der Waals surface area contributed by atoms with Crippen LogP contribution in [0.15, 0.2) is 45.6 Å². The number of aliphatic hydroxyl groups is 6. The third-order valence-electron chi connectivity index (χ3n) is 7.43. The minimum absolute atomic E-state index is 0.193. The fraction of sp³-hybridized carbons (Fsp3) is 0.464. The Morgan fingerprint density at radius 3 is 2.21 bits per heavy atom. The molecule has 0 spiro atoms. The van der Waals surface area contributed by atoms with Crippen molar-refractivity contribution in [3.63, 3.8) is 0 Å². The Bertz CT molecular complexity index is 1490. The molecule has 2 aliphatic rings. The van der Waals surface area contributed by atoms with Gasteiger partial charge in [-0.15, -0.1) is 0 Å². The Morgan fingerprint density at radius 2 is 1.56 bits per heavy atom. The van der Waals surface area contributed by atoms with Gasteiger partial charge in [-0.1, -0.05) is 0 Å². The molecule has 2 fully saturated rings. The van der Waals surface area contributed by atoms with Crippen LogP contribution in [0.4, 0.5) is 0 Å². The van der Waals surface area contributed by atoms with E-state index in [9.17, 15) is 45.6 Å². The molecule has 2 saturated heterocycles. The summed E-state index contributed by atoms with van der Waals surface area (Å²) in [6.45, 7) is 0.618. The summed E-state index contributed by atoms with van der Waals surface area (Å²) in [5, 5.41) is 82.2. The average Bonchev–Trinajstić information content (AvgIpc) is 2.98. The van der Waals surface area contributed by atoms with E-state index in [0.717, 1.165) is 12.1 Å². The van der Waals surface area contributed by atoms with Crippen LogP contribution in [-0.2, 0) is 14.2 Å². The second-order valence-electron chi connectivity index (χ2n) is 10.3. The zero-order valence-corrected chi connectivity index (χ0v) is 22.9. The zero-order valence-electron chi connectivity index (χ0n) is 22.9. The van der Waals surface area contributed by atoms with E-state index in [4.69, 9.17) is 28.1 Å². The molecule has 2 aliphatic heterocycles. The summed E-state index contributed by atoms with van der Waals surface area (Å²) in [7, 11) is 1.45. The number of phenolic OH excluding ortho intramolecular Hbond substituents is 2. The highest BCUT2D eigenvalue weighted by Gasteiger charge is 2.51. The first-order chi connectivity index (χ1) is 20.4. The molecule has 1 aromatic heterocycles. The summed E-state index contributed by atoms with van der Waals surface area (Å²) in [4.78, 5) is 13.8. The molecular formula is C28H32O15.